The van der Waals surface area contributed by atoms with E-state index in [0.29, 0.717) is 12.0 Å². The minimum atomic E-state index is 0.407. The van der Waals surface area contributed by atoms with E-state index in [9.17, 15) is 0 Å². The maximum atomic E-state index is 4.33. The highest BCUT2D eigenvalue weighted by atomic mass is 15.3. The van der Waals surface area contributed by atoms with Gasteiger partial charge in [0.1, 0.15) is 0 Å². The fourth-order valence-corrected chi connectivity index (χ4v) is 1.83. The van der Waals surface area contributed by atoms with Crippen molar-refractivity contribution in [2.75, 3.05) is 7.05 Å². The van der Waals surface area contributed by atoms with Gasteiger partial charge in [0.15, 0.2) is 0 Å². The zero-order chi connectivity index (χ0) is 10.6. The summed E-state index contributed by atoms with van der Waals surface area (Å²) in [5, 5.41) is 7.68. The van der Waals surface area contributed by atoms with Crippen LogP contribution in [0.25, 0.3) is 0 Å². The Hall–Kier alpha value is -0.830. The number of nitrogens with zero attached hydrogens (tertiary/aromatic N) is 2. The molecule has 0 aliphatic carbocycles. The molecule has 3 nitrogen and oxygen atoms in total. The van der Waals surface area contributed by atoms with Crippen LogP contribution in [0.1, 0.15) is 38.9 Å². The van der Waals surface area contributed by atoms with Crippen LogP contribution in [0.4, 0.5) is 0 Å². The van der Waals surface area contributed by atoms with Crippen molar-refractivity contribution >= 4 is 0 Å². The number of aromatic nitrogens is 2. The van der Waals surface area contributed by atoms with Crippen molar-refractivity contribution < 1.29 is 0 Å². The van der Waals surface area contributed by atoms with Crippen LogP contribution in [0.2, 0.25) is 0 Å². The second kappa shape index (κ2) is 5.15. The highest BCUT2D eigenvalue weighted by Crippen LogP contribution is 2.20. The molecule has 1 aromatic rings. The molecule has 0 bridgehead atoms. The molecule has 1 rings (SSSR count). The standard InChI is InChI=1S/C11H21N3/c1-5-8-14-10(6-7-13-14)11(12-4)9(2)3/h6-7,9,11-12H,5,8H2,1-4H3. The maximum Gasteiger partial charge on any atom is 0.0556 e. The maximum absolute atomic E-state index is 4.33. The highest BCUT2D eigenvalue weighted by Gasteiger charge is 2.17. The Morgan fingerprint density at radius 3 is 2.71 bits per heavy atom. The van der Waals surface area contributed by atoms with Gasteiger partial charge >= 0.3 is 0 Å². The molecule has 0 radical (unpaired) electrons. The van der Waals surface area contributed by atoms with Crippen LogP contribution in [0, 0.1) is 5.92 Å². The van der Waals surface area contributed by atoms with Gasteiger partial charge in [-0.15, -0.1) is 0 Å². The van der Waals surface area contributed by atoms with E-state index >= 15 is 0 Å². The lowest BCUT2D eigenvalue weighted by atomic mass is 10.0. The molecule has 1 N–H and O–H groups in total. The molecular weight excluding hydrogens is 174 g/mol. The molecule has 1 aromatic heterocycles. The minimum Gasteiger partial charge on any atom is -0.312 e. The fraction of sp³-hybridized carbons (Fsp3) is 0.727. The number of aryl methyl sites for hydroxylation is 1. The second-order valence-electron chi connectivity index (χ2n) is 3.99. The van der Waals surface area contributed by atoms with E-state index in [2.05, 4.69) is 41.9 Å². The van der Waals surface area contributed by atoms with Gasteiger partial charge in [0, 0.05) is 12.7 Å². The molecule has 0 aliphatic heterocycles. The monoisotopic (exact) mass is 195 g/mol. The molecule has 1 heterocycles. The predicted octanol–water partition coefficient (Wildman–Crippen LogP) is 2.21. The summed E-state index contributed by atoms with van der Waals surface area (Å²) in [4.78, 5) is 0. The summed E-state index contributed by atoms with van der Waals surface area (Å²) >= 11 is 0. The molecule has 0 amide bonds. The highest BCUT2D eigenvalue weighted by molar-refractivity contribution is 5.07. The Labute approximate surface area is 86.5 Å². The van der Waals surface area contributed by atoms with Gasteiger partial charge in [0.2, 0.25) is 0 Å². The normalized spacial score (nSPS) is 13.5. The number of nitrogens with one attached hydrogen (secondary N) is 1. The Kier molecular flexibility index (Phi) is 4.14. The molecule has 3 heteroatoms. The summed E-state index contributed by atoms with van der Waals surface area (Å²) in [6.07, 6.45) is 3.01. The summed E-state index contributed by atoms with van der Waals surface area (Å²) < 4.78 is 2.10. The largest absolute Gasteiger partial charge is 0.312 e. The minimum absolute atomic E-state index is 0.407. The molecule has 0 saturated heterocycles. The third-order valence-corrected chi connectivity index (χ3v) is 2.48. The zero-order valence-corrected chi connectivity index (χ0v) is 9.62. The van der Waals surface area contributed by atoms with Crippen LogP contribution in [0.5, 0.6) is 0 Å². The smallest absolute Gasteiger partial charge is 0.0556 e. The molecule has 0 fully saturated rings. The van der Waals surface area contributed by atoms with Crippen molar-refractivity contribution in [3.8, 4) is 0 Å². The molecule has 0 spiro atoms. The molecular formula is C11H21N3. The van der Waals surface area contributed by atoms with E-state index < -0.39 is 0 Å². The topological polar surface area (TPSA) is 29.9 Å². The Morgan fingerprint density at radius 2 is 2.21 bits per heavy atom. The van der Waals surface area contributed by atoms with E-state index in [-0.39, 0.29) is 0 Å². The fourth-order valence-electron chi connectivity index (χ4n) is 1.83. The molecule has 1 unspecified atom stereocenters. The van der Waals surface area contributed by atoms with Crippen molar-refractivity contribution in [2.24, 2.45) is 5.92 Å². The van der Waals surface area contributed by atoms with Gasteiger partial charge in [-0.3, -0.25) is 4.68 Å². The van der Waals surface area contributed by atoms with Crippen molar-refractivity contribution in [3.63, 3.8) is 0 Å². The van der Waals surface area contributed by atoms with Crippen LogP contribution >= 0.6 is 0 Å². The van der Waals surface area contributed by atoms with Crippen LogP contribution in [0.15, 0.2) is 12.3 Å². The predicted molar refractivity (Wildman–Crippen MR) is 59.2 cm³/mol. The van der Waals surface area contributed by atoms with Crippen LogP contribution in [-0.2, 0) is 6.54 Å². The summed E-state index contributed by atoms with van der Waals surface area (Å²) in [6.45, 7) is 7.64. The summed E-state index contributed by atoms with van der Waals surface area (Å²) in [7, 11) is 2.01. The van der Waals surface area contributed by atoms with Gasteiger partial charge < -0.3 is 5.32 Å². The molecule has 0 aliphatic rings. The quantitative estimate of drug-likeness (QED) is 0.780. The average Bonchev–Trinajstić information content (AvgIpc) is 2.55. The summed E-state index contributed by atoms with van der Waals surface area (Å²) in [6, 6.07) is 2.51. The van der Waals surface area contributed by atoms with Crippen LogP contribution in [-0.4, -0.2) is 16.8 Å². The van der Waals surface area contributed by atoms with E-state index in [1.807, 2.05) is 13.2 Å². The molecule has 1 atom stereocenters. The van der Waals surface area contributed by atoms with Gasteiger partial charge in [-0.05, 0) is 25.5 Å². The molecule has 0 aromatic carbocycles. The Morgan fingerprint density at radius 1 is 1.50 bits per heavy atom. The lowest BCUT2D eigenvalue weighted by Gasteiger charge is -2.21. The van der Waals surface area contributed by atoms with E-state index in [1.54, 1.807) is 0 Å². The van der Waals surface area contributed by atoms with Crippen molar-refractivity contribution in [1.82, 2.24) is 15.1 Å². The third-order valence-electron chi connectivity index (χ3n) is 2.48. The number of hydrogen-bond donors (Lipinski definition) is 1. The van der Waals surface area contributed by atoms with Crippen molar-refractivity contribution in [1.29, 1.82) is 0 Å². The van der Waals surface area contributed by atoms with Crippen molar-refractivity contribution in [3.05, 3.63) is 18.0 Å². The summed E-state index contributed by atoms with van der Waals surface area (Å²) in [5.74, 6) is 0.590. The van der Waals surface area contributed by atoms with Gasteiger partial charge in [-0.25, -0.2) is 0 Å². The van der Waals surface area contributed by atoms with Gasteiger partial charge in [0.25, 0.3) is 0 Å². The van der Waals surface area contributed by atoms with Crippen molar-refractivity contribution in [2.45, 2.75) is 39.8 Å². The Bertz CT molecular complexity index is 265. The lowest BCUT2D eigenvalue weighted by molar-refractivity contribution is 0.404. The second-order valence-corrected chi connectivity index (χ2v) is 3.99. The molecule has 80 valence electrons. The number of hydrogen-bond acceptors (Lipinski definition) is 2. The lowest BCUT2D eigenvalue weighted by Crippen LogP contribution is -2.25. The van der Waals surface area contributed by atoms with Crippen LogP contribution in [0.3, 0.4) is 0 Å². The first-order valence-electron chi connectivity index (χ1n) is 5.39. The zero-order valence-electron chi connectivity index (χ0n) is 9.62. The third kappa shape index (κ3) is 2.35. The van der Waals surface area contributed by atoms with E-state index in [1.165, 1.54) is 5.69 Å². The first-order chi connectivity index (χ1) is 6.70. The van der Waals surface area contributed by atoms with Gasteiger partial charge in [-0.2, -0.15) is 5.10 Å². The van der Waals surface area contributed by atoms with E-state index in [4.69, 9.17) is 0 Å². The van der Waals surface area contributed by atoms with E-state index in [0.717, 1.165) is 13.0 Å². The SMILES string of the molecule is CCCn1nccc1C(NC)C(C)C. The van der Waals surface area contributed by atoms with Gasteiger partial charge in [0.05, 0.1) is 11.7 Å². The average molecular weight is 195 g/mol. The van der Waals surface area contributed by atoms with Gasteiger partial charge in [-0.1, -0.05) is 20.8 Å². The first-order valence-corrected chi connectivity index (χ1v) is 5.39. The Balaban J connectivity index is 2.86. The first kappa shape index (κ1) is 11.2. The number of rotatable bonds is 5. The summed E-state index contributed by atoms with van der Waals surface area (Å²) in [5.41, 5.74) is 1.30. The van der Waals surface area contributed by atoms with Crippen LogP contribution < -0.4 is 5.32 Å². The molecule has 14 heavy (non-hydrogen) atoms. The molecule has 0 saturated carbocycles.